The number of nitrogens with zero attached hydrogens (tertiary/aromatic N) is 3. The number of unbranched alkanes of at least 4 members (excludes halogenated alkanes) is 1. The molecule has 10 heteroatoms. The highest BCUT2D eigenvalue weighted by atomic mass is 32.3. The van der Waals surface area contributed by atoms with Crippen LogP contribution >= 0.6 is 0 Å². The van der Waals surface area contributed by atoms with Gasteiger partial charge in [0.25, 0.3) is 0 Å². The Morgan fingerprint density at radius 2 is 1.79 bits per heavy atom. The van der Waals surface area contributed by atoms with Crippen molar-refractivity contribution < 1.29 is 17.5 Å². The van der Waals surface area contributed by atoms with Gasteiger partial charge in [-0.05, 0) is 13.0 Å². The maximum atomic E-state index is 8.52. The third-order valence-corrected chi connectivity index (χ3v) is 2.48. The normalized spacial score (nSPS) is 16.2. The van der Waals surface area contributed by atoms with E-state index in [1.165, 1.54) is 0 Å². The van der Waals surface area contributed by atoms with Gasteiger partial charge in [0.15, 0.2) is 5.96 Å². The number of nitrogens with two attached hydrogens (primary N) is 1. The lowest BCUT2D eigenvalue weighted by atomic mass is 10.2. The number of guanidine groups is 1. The van der Waals surface area contributed by atoms with Crippen LogP contribution in [0, 0.1) is 16.7 Å². The first-order valence-electron chi connectivity index (χ1n) is 5.59. The van der Waals surface area contributed by atoms with E-state index in [9.17, 15) is 0 Å². The fraction of sp³-hybridized carbons (Fsp3) is 0.778. The summed E-state index contributed by atoms with van der Waals surface area (Å²) in [6.07, 6.45) is 1.57. The smallest absolute Gasteiger partial charge is 0.188 e. The Bertz CT molecular complexity index is 403. The van der Waals surface area contributed by atoms with Gasteiger partial charge in [-0.3, -0.25) is 18.7 Å². The number of piperazine rings is 1. The molecule has 19 heavy (non-hydrogen) atoms. The summed E-state index contributed by atoms with van der Waals surface area (Å²) in [5.74, 6) is 0.168. The molecular formula is C9H17N5O4S-2. The summed E-state index contributed by atoms with van der Waals surface area (Å²) in [7, 11) is -5.17. The van der Waals surface area contributed by atoms with Crippen molar-refractivity contribution in [3.05, 3.63) is 0 Å². The molecule has 0 saturated carbocycles. The monoisotopic (exact) mass is 291 g/mol. The second-order valence-electron chi connectivity index (χ2n) is 3.88. The summed E-state index contributed by atoms with van der Waals surface area (Å²) >= 11 is 0. The summed E-state index contributed by atoms with van der Waals surface area (Å²) in [4.78, 5) is 4.19. The molecule has 1 fully saturated rings. The fourth-order valence-electron chi connectivity index (χ4n) is 1.59. The van der Waals surface area contributed by atoms with Crippen molar-refractivity contribution in [2.75, 3.05) is 32.7 Å². The molecule has 0 aromatic heterocycles. The van der Waals surface area contributed by atoms with Crippen LogP contribution in [0.4, 0.5) is 0 Å². The summed E-state index contributed by atoms with van der Waals surface area (Å²) in [6, 6.07) is 2.14. The van der Waals surface area contributed by atoms with Crippen LogP contribution in [0.2, 0.25) is 0 Å². The number of hydrogen-bond donors (Lipinski definition) is 2. The molecule has 0 aromatic rings. The minimum atomic E-state index is -5.17. The predicted molar refractivity (Wildman–Crippen MR) is 65.2 cm³/mol. The van der Waals surface area contributed by atoms with Gasteiger partial charge in [-0.2, -0.15) is 5.26 Å². The average Bonchev–Trinajstić information content (AvgIpc) is 2.28. The van der Waals surface area contributed by atoms with E-state index in [0.29, 0.717) is 6.42 Å². The molecule has 0 radical (unpaired) electrons. The minimum absolute atomic E-state index is 0.168. The Kier molecular flexibility index (Phi) is 8.01. The van der Waals surface area contributed by atoms with E-state index in [-0.39, 0.29) is 5.96 Å². The molecule has 1 heterocycles. The van der Waals surface area contributed by atoms with Crippen molar-refractivity contribution in [1.82, 2.24) is 9.80 Å². The first kappa shape index (κ1) is 17.6. The van der Waals surface area contributed by atoms with E-state index in [0.717, 1.165) is 39.1 Å². The van der Waals surface area contributed by atoms with Crippen LogP contribution in [0.1, 0.15) is 12.8 Å². The van der Waals surface area contributed by atoms with Gasteiger partial charge in [-0.15, -0.1) is 0 Å². The first-order valence-corrected chi connectivity index (χ1v) is 6.92. The number of rotatable bonds is 3. The van der Waals surface area contributed by atoms with E-state index in [2.05, 4.69) is 11.0 Å². The molecule has 9 nitrogen and oxygen atoms in total. The zero-order valence-electron chi connectivity index (χ0n) is 10.4. The number of nitriles is 1. The SMILES string of the molecule is N#CCCCN1CCN(C(=N)N)CC1.O=S(=O)([O-])[O-]. The molecule has 1 aliphatic heterocycles. The summed E-state index contributed by atoms with van der Waals surface area (Å²) < 4.78 is 34.1. The molecule has 0 bridgehead atoms. The Morgan fingerprint density at radius 1 is 1.32 bits per heavy atom. The standard InChI is InChI=1S/C9H17N5.H2O4S/c10-3-1-2-4-13-5-7-14(8-6-13)9(11)12;1-5(2,3)4/h1-2,4-8H2,(H3,11,12);(H2,1,2,3,4)/p-2. The van der Waals surface area contributed by atoms with Gasteiger partial charge >= 0.3 is 0 Å². The van der Waals surface area contributed by atoms with Crippen molar-refractivity contribution in [3.8, 4) is 6.07 Å². The minimum Gasteiger partial charge on any atom is -0.759 e. The molecule has 0 unspecified atom stereocenters. The van der Waals surface area contributed by atoms with E-state index < -0.39 is 10.4 Å². The van der Waals surface area contributed by atoms with Crippen LogP contribution in [0.5, 0.6) is 0 Å². The van der Waals surface area contributed by atoms with Gasteiger partial charge in [0.05, 0.1) is 6.07 Å². The molecule has 1 aliphatic rings. The van der Waals surface area contributed by atoms with Gasteiger partial charge in [-0.1, -0.05) is 0 Å². The van der Waals surface area contributed by atoms with Crippen LogP contribution in [0.15, 0.2) is 0 Å². The zero-order valence-corrected chi connectivity index (χ0v) is 11.2. The third-order valence-electron chi connectivity index (χ3n) is 2.48. The van der Waals surface area contributed by atoms with Crippen LogP contribution < -0.4 is 5.73 Å². The van der Waals surface area contributed by atoms with Gasteiger partial charge in [0.2, 0.25) is 0 Å². The highest BCUT2D eigenvalue weighted by molar-refractivity contribution is 7.79. The lowest BCUT2D eigenvalue weighted by molar-refractivity contribution is 0.179. The summed E-state index contributed by atoms with van der Waals surface area (Å²) in [5, 5.41) is 15.7. The number of nitrogens with one attached hydrogen (secondary N) is 1. The Hall–Kier alpha value is -1.41. The van der Waals surface area contributed by atoms with E-state index in [4.69, 9.17) is 33.9 Å². The molecule has 0 aliphatic carbocycles. The third kappa shape index (κ3) is 11.4. The molecule has 0 amide bonds. The molecule has 0 spiro atoms. The first-order chi connectivity index (χ1) is 8.74. The van der Waals surface area contributed by atoms with Crippen LogP contribution in [0.3, 0.4) is 0 Å². The molecule has 110 valence electrons. The van der Waals surface area contributed by atoms with Crippen molar-refractivity contribution >= 4 is 16.4 Å². The van der Waals surface area contributed by atoms with Crippen molar-refractivity contribution in [2.24, 2.45) is 5.73 Å². The van der Waals surface area contributed by atoms with Gasteiger partial charge in [-0.25, -0.2) is 0 Å². The molecule has 3 N–H and O–H groups in total. The summed E-state index contributed by atoms with van der Waals surface area (Å²) in [5.41, 5.74) is 5.38. The second kappa shape index (κ2) is 8.65. The number of hydrogen-bond acceptors (Lipinski definition) is 7. The summed E-state index contributed by atoms with van der Waals surface area (Å²) in [6.45, 7) is 4.55. The van der Waals surface area contributed by atoms with Crippen LogP contribution in [0.25, 0.3) is 0 Å². The Labute approximate surface area is 112 Å². The Balaban J connectivity index is 0.000000555. The van der Waals surface area contributed by atoms with E-state index >= 15 is 0 Å². The van der Waals surface area contributed by atoms with Crippen molar-refractivity contribution in [2.45, 2.75) is 12.8 Å². The molecule has 0 aromatic carbocycles. The Morgan fingerprint density at radius 3 is 2.16 bits per heavy atom. The molecular weight excluding hydrogens is 274 g/mol. The van der Waals surface area contributed by atoms with Gasteiger partial charge in [0, 0.05) is 43.0 Å². The fourth-order valence-corrected chi connectivity index (χ4v) is 1.59. The maximum absolute atomic E-state index is 8.52. The lowest BCUT2D eigenvalue weighted by Gasteiger charge is -2.34. The van der Waals surface area contributed by atoms with Crippen LogP contribution in [-0.2, 0) is 10.4 Å². The topological polar surface area (TPSA) is 160 Å². The molecule has 1 saturated heterocycles. The quantitative estimate of drug-likeness (QED) is 0.208. The van der Waals surface area contributed by atoms with Crippen LogP contribution in [-0.4, -0.2) is 66.0 Å². The largest absolute Gasteiger partial charge is 0.759 e. The predicted octanol–water partition coefficient (Wildman–Crippen LogP) is -1.54. The molecule has 1 rings (SSSR count). The maximum Gasteiger partial charge on any atom is 0.188 e. The van der Waals surface area contributed by atoms with E-state index in [1.807, 2.05) is 4.90 Å². The van der Waals surface area contributed by atoms with Crippen molar-refractivity contribution in [1.29, 1.82) is 10.7 Å². The average molecular weight is 291 g/mol. The highest BCUT2D eigenvalue weighted by Crippen LogP contribution is 2.02. The lowest BCUT2D eigenvalue weighted by Crippen LogP contribution is -2.50. The van der Waals surface area contributed by atoms with Gasteiger partial charge < -0.3 is 19.7 Å². The van der Waals surface area contributed by atoms with Gasteiger partial charge in [0.1, 0.15) is 0 Å². The zero-order chi connectivity index (χ0) is 14.9. The highest BCUT2D eigenvalue weighted by Gasteiger charge is 2.16. The van der Waals surface area contributed by atoms with Crippen molar-refractivity contribution in [3.63, 3.8) is 0 Å². The molecule has 0 atom stereocenters. The second-order valence-corrected chi connectivity index (χ2v) is 4.70. The van der Waals surface area contributed by atoms with E-state index in [1.54, 1.807) is 0 Å².